The molecule has 0 heterocycles. The zero-order valence-corrected chi connectivity index (χ0v) is 9.96. The lowest BCUT2D eigenvalue weighted by Crippen LogP contribution is -2.37. The average Bonchev–Trinajstić information content (AvgIpc) is 2.67. The summed E-state index contributed by atoms with van der Waals surface area (Å²) in [4.78, 5) is 23.0. The molecule has 0 aromatic carbocycles. The fraction of sp³-hybridized carbons (Fsp3) is 0.833. The molecule has 84 valence electrons. The van der Waals surface area contributed by atoms with E-state index in [2.05, 4.69) is 0 Å². The molecule has 0 N–H and O–H groups in total. The maximum Gasteiger partial charge on any atom is 0.140 e. The van der Waals surface area contributed by atoms with Crippen molar-refractivity contribution in [3.05, 3.63) is 0 Å². The topological polar surface area (TPSA) is 34.1 Å². The molecule has 3 heteroatoms. The summed E-state index contributed by atoms with van der Waals surface area (Å²) in [6.45, 7) is 3.03. The van der Waals surface area contributed by atoms with Crippen molar-refractivity contribution >= 4 is 23.2 Å². The van der Waals surface area contributed by atoms with Crippen LogP contribution in [0.5, 0.6) is 0 Å². The molecule has 2 bridgehead atoms. The summed E-state index contributed by atoms with van der Waals surface area (Å²) in [5.74, 6) is 0.706. The van der Waals surface area contributed by atoms with Crippen molar-refractivity contribution in [2.24, 2.45) is 23.7 Å². The van der Waals surface area contributed by atoms with Crippen molar-refractivity contribution in [2.45, 2.75) is 38.5 Å². The lowest BCUT2D eigenvalue weighted by atomic mass is 9.75. The van der Waals surface area contributed by atoms with E-state index in [0.29, 0.717) is 11.8 Å². The van der Waals surface area contributed by atoms with E-state index in [4.69, 9.17) is 11.6 Å². The number of hydrogen-bond acceptors (Lipinski definition) is 2. The molecule has 15 heavy (non-hydrogen) atoms. The number of fused-ring (bicyclic) bond motifs is 2. The normalized spacial score (nSPS) is 38.7. The predicted octanol–water partition coefficient (Wildman–Crippen LogP) is 2.43. The van der Waals surface area contributed by atoms with Gasteiger partial charge in [-0.05, 0) is 50.9 Å². The number of ketones is 2. The van der Waals surface area contributed by atoms with Crippen LogP contribution in [0, 0.1) is 23.7 Å². The predicted molar refractivity (Wildman–Crippen MR) is 58.8 cm³/mol. The Balaban J connectivity index is 2.22. The Hall–Kier alpha value is -0.370. The first kappa shape index (κ1) is 11.1. The maximum absolute atomic E-state index is 11.5. The molecule has 2 aliphatic rings. The molecule has 0 radical (unpaired) electrons. The van der Waals surface area contributed by atoms with E-state index in [1.54, 1.807) is 0 Å². The molecule has 0 saturated heterocycles. The standard InChI is InChI=1S/C12H17ClO2/c1-6(14)10(7(2)15)11-8-3-4-9(5-8)12(11)13/h8-12H,3-5H2,1-2H3. The molecule has 0 spiro atoms. The van der Waals surface area contributed by atoms with E-state index in [0.717, 1.165) is 12.8 Å². The number of alkyl halides is 1. The largest absolute Gasteiger partial charge is 0.299 e. The van der Waals surface area contributed by atoms with Crippen molar-refractivity contribution in [3.63, 3.8) is 0 Å². The first-order valence-electron chi connectivity index (χ1n) is 5.67. The third kappa shape index (κ3) is 1.73. The quantitative estimate of drug-likeness (QED) is 0.549. The zero-order chi connectivity index (χ0) is 11.2. The molecule has 2 saturated carbocycles. The number of hydrogen-bond donors (Lipinski definition) is 0. The number of Topliss-reactive ketones (excluding diaryl/α,β-unsaturated/α-hetero) is 2. The van der Waals surface area contributed by atoms with Crippen LogP contribution >= 0.6 is 11.6 Å². The molecule has 0 amide bonds. The van der Waals surface area contributed by atoms with Gasteiger partial charge < -0.3 is 0 Å². The third-order valence-electron chi connectivity index (χ3n) is 4.14. The van der Waals surface area contributed by atoms with Gasteiger partial charge in [-0.25, -0.2) is 0 Å². The second-order valence-corrected chi connectivity index (χ2v) is 5.56. The summed E-state index contributed by atoms with van der Waals surface area (Å²) in [6, 6.07) is 0. The number of rotatable bonds is 3. The third-order valence-corrected chi connectivity index (χ3v) is 4.78. The van der Waals surface area contributed by atoms with Crippen LogP contribution < -0.4 is 0 Å². The van der Waals surface area contributed by atoms with E-state index in [1.807, 2.05) is 0 Å². The fourth-order valence-corrected chi connectivity index (χ4v) is 4.13. The van der Waals surface area contributed by atoms with E-state index in [-0.39, 0.29) is 22.9 Å². The summed E-state index contributed by atoms with van der Waals surface area (Å²) >= 11 is 6.35. The van der Waals surface area contributed by atoms with Gasteiger partial charge >= 0.3 is 0 Å². The lowest BCUT2D eigenvalue weighted by molar-refractivity contribution is -0.133. The second-order valence-electron chi connectivity index (χ2n) is 5.05. The Labute approximate surface area is 95.4 Å². The van der Waals surface area contributed by atoms with Crippen LogP contribution in [0.15, 0.2) is 0 Å². The Kier molecular flexibility index (Phi) is 2.89. The molecule has 0 aromatic rings. The summed E-state index contributed by atoms with van der Waals surface area (Å²) in [5, 5.41) is 0.0431. The monoisotopic (exact) mass is 228 g/mol. The number of halogens is 1. The van der Waals surface area contributed by atoms with Gasteiger partial charge in [0.1, 0.15) is 11.6 Å². The van der Waals surface area contributed by atoms with Gasteiger partial charge in [0.25, 0.3) is 0 Å². The lowest BCUT2D eigenvalue weighted by Gasteiger charge is -2.31. The first-order chi connectivity index (χ1) is 7.02. The van der Waals surface area contributed by atoms with E-state index < -0.39 is 5.92 Å². The highest BCUT2D eigenvalue weighted by Crippen LogP contribution is 2.53. The van der Waals surface area contributed by atoms with Gasteiger partial charge in [0.2, 0.25) is 0 Å². The Morgan fingerprint density at radius 2 is 1.67 bits per heavy atom. The van der Waals surface area contributed by atoms with Gasteiger partial charge in [0.15, 0.2) is 0 Å². The first-order valence-corrected chi connectivity index (χ1v) is 6.11. The van der Waals surface area contributed by atoms with Gasteiger partial charge in [-0.2, -0.15) is 0 Å². The molecule has 2 nitrogen and oxygen atoms in total. The molecule has 2 aliphatic carbocycles. The van der Waals surface area contributed by atoms with Gasteiger partial charge in [-0.3, -0.25) is 9.59 Å². The van der Waals surface area contributed by atoms with E-state index in [1.165, 1.54) is 20.3 Å². The minimum Gasteiger partial charge on any atom is -0.299 e. The van der Waals surface area contributed by atoms with E-state index in [9.17, 15) is 9.59 Å². The van der Waals surface area contributed by atoms with Crippen molar-refractivity contribution in [2.75, 3.05) is 0 Å². The molecule has 2 fully saturated rings. The van der Waals surface area contributed by atoms with Gasteiger partial charge in [0, 0.05) is 5.38 Å². The van der Waals surface area contributed by atoms with E-state index >= 15 is 0 Å². The van der Waals surface area contributed by atoms with Crippen molar-refractivity contribution in [1.29, 1.82) is 0 Å². The Morgan fingerprint density at radius 1 is 1.13 bits per heavy atom. The minimum atomic E-state index is -0.442. The summed E-state index contributed by atoms with van der Waals surface area (Å²) < 4.78 is 0. The minimum absolute atomic E-state index is 0.00861. The molecule has 4 atom stereocenters. The highest BCUT2D eigenvalue weighted by atomic mass is 35.5. The molecule has 0 aliphatic heterocycles. The highest BCUT2D eigenvalue weighted by Gasteiger charge is 2.51. The smallest absolute Gasteiger partial charge is 0.140 e. The van der Waals surface area contributed by atoms with Crippen molar-refractivity contribution in [1.82, 2.24) is 0 Å². The maximum atomic E-state index is 11.5. The fourth-order valence-electron chi connectivity index (χ4n) is 3.55. The summed E-state index contributed by atoms with van der Waals surface area (Å²) in [6.07, 6.45) is 3.45. The zero-order valence-electron chi connectivity index (χ0n) is 9.20. The van der Waals surface area contributed by atoms with Gasteiger partial charge in [-0.15, -0.1) is 11.6 Å². The van der Waals surface area contributed by atoms with Crippen LogP contribution in [0.3, 0.4) is 0 Å². The van der Waals surface area contributed by atoms with Crippen LogP contribution in [0.4, 0.5) is 0 Å². The summed E-state index contributed by atoms with van der Waals surface area (Å²) in [5.41, 5.74) is 0. The Morgan fingerprint density at radius 3 is 2.07 bits per heavy atom. The molecule has 4 unspecified atom stereocenters. The summed E-state index contributed by atoms with van der Waals surface area (Å²) in [7, 11) is 0. The van der Waals surface area contributed by atoms with Crippen molar-refractivity contribution in [3.8, 4) is 0 Å². The molecular weight excluding hydrogens is 212 g/mol. The van der Waals surface area contributed by atoms with Gasteiger partial charge in [-0.1, -0.05) is 0 Å². The average molecular weight is 229 g/mol. The molecule has 0 aromatic heterocycles. The highest BCUT2D eigenvalue weighted by molar-refractivity contribution is 6.21. The second kappa shape index (κ2) is 3.89. The molecular formula is C12H17ClO2. The van der Waals surface area contributed by atoms with Gasteiger partial charge in [0.05, 0.1) is 5.92 Å². The van der Waals surface area contributed by atoms with Crippen LogP contribution in [-0.2, 0) is 9.59 Å². The Bertz CT molecular complexity index is 284. The SMILES string of the molecule is CC(=O)C(C(C)=O)C1C2CCC(C2)C1Cl. The van der Waals surface area contributed by atoms with Crippen LogP contribution in [0.2, 0.25) is 0 Å². The van der Waals surface area contributed by atoms with Crippen LogP contribution in [0.25, 0.3) is 0 Å². The van der Waals surface area contributed by atoms with Crippen LogP contribution in [-0.4, -0.2) is 16.9 Å². The van der Waals surface area contributed by atoms with Crippen LogP contribution in [0.1, 0.15) is 33.1 Å². The number of carbonyl (C=O) groups excluding carboxylic acids is 2. The number of carbonyl (C=O) groups is 2. The van der Waals surface area contributed by atoms with Crippen molar-refractivity contribution < 1.29 is 9.59 Å². The molecule has 2 rings (SSSR count).